The van der Waals surface area contributed by atoms with E-state index in [1.807, 2.05) is 6.07 Å². The number of urea groups is 1. The molecule has 2 aliphatic rings. The maximum atomic E-state index is 12.3. The van der Waals surface area contributed by atoms with Crippen LogP contribution in [0.5, 0.6) is 0 Å². The minimum absolute atomic E-state index is 0.0340. The molecule has 1 atom stereocenters. The third-order valence-corrected chi connectivity index (χ3v) is 6.10. The van der Waals surface area contributed by atoms with Crippen LogP contribution in [0.4, 0.5) is 4.79 Å². The molecule has 3 amide bonds. The minimum atomic E-state index is -1.09. The van der Waals surface area contributed by atoms with Crippen molar-refractivity contribution in [2.45, 2.75) is 51.5 Å². The van der Waals surface area contributed by atoms with E-state index in [-0.39, 0.29) is 25.1 Å². The van der Waals surface area contributed by atoms with Crippen molar-refractivity contribution in [1.82, 2.24) is 10.2 Å². The van der Waals surface area contributed by atoms with Gasteiger partial charge in [-0.25, -0.2) is 4.79 Å². The van der Waals surface area contributed by atoms with Gasteiger partial charge in [-0.2, -0.15) is 0 Å². The number of nitrogens with one attached hydrogen (secondary N) is 1. The summed E-state index contributed by atoms with van der Waals surface area (Å²) in [6.07, 6.45) is 2.94. The zero-order valence-electron chi connectivity index (χ0n) is 17.5. The van der Waals surface area contributed by atoms with Gasteiger partial charge in [-0.05, 0) is 39.2 Å². The Labute approximate surface area is 178 Å². The van der Waals surface area contributed by atoms with E-state index >= 15 is 0 Å². The van der Waals surface area contributed by atoms with Crippen molar-refractivity contribution in [3.8, 4) is 0 Å². The molecule has 9 heteroatoms. The normalized spacial score (nSPS) is 19.0. The number of carboxylic acids is 1. The molecule has 9 nitrogen and oxygen atoms in total. The molecule has 2 aromatic rings. The first-order chi connectivity index (χ1) is 14.7. The fourth-order valence-corrected chi connectivity index (χ4v) is 4.35. The molecular formula is C22H25N3O6. The standard InChI is InChI=1S/C22H25N3O6/c1-22(2)20(28)25(21(29)23-22)9-8-13(19(26)27)10-16(24-30)12-6-7-15-14-4-3-5-17(14)31-18(15)11-12/h6-7,11,13,30H,3-5,8-10H2,1-2H3,(H,23,29)(H,26,27). The van der Waals surface area contributed by atoms with E-state index in [4.69, 9.17) is 4.42 Å². The van der Waals surface area contributed by atoms with Gasteiger partial charge in [-0.15, -0.1) is 0 Å². The second-order valence-corrected chi connectivity index (χ2v) is 8.65. The second-order valence-electron chi connectivity index (χ2n) is 8.65. The highest BCUT2D eigenvalue weighted by molar-refractivity contribution is 6.06. The van der Waals surface area contributed by atoms with Crippen LogP contribution in [0.15, 0.2) is 27.8 Å². The van der Waals surface area contributed by atoms with Crippen LogP contribution in [-0.2, 0) is 22.4 Å². The van der Waals surface area contributed by atoms with Crippen LogP contribution < -0.4 is 5.32 Å². The summed E-state index contributed by atoms with van der Waals surface area (Å²) < 4.78 is 5.91. The maximum absolute atomic E-state index is 12.3. The lowest BCUT2D eigenvalue weighted by Gasteiger charge is -2.18. The molecule has 31 heavy (non-hydrogen) atoms. The quantitative estimate of drug-likeness (QED) is 0.269. The highest BCUT2D eigenvalue weighted by Gasteiger charge is 2.44. The summed E-state index contributed by atoms with van der Waals surface area (Å²) in [5.74, 6) is -1.44. The second kappa shape index (κ2) is 7.72. The number of hydrogen-bond acceptors (Lipinski definition) is 6. The lowest BCUT2D eigenvalue weighted by atomic mass is 9.94. The highest BCUT2D eigenvalue weighted by atomic mass is 16.4. The number of benzene rings is 1. The van der Waals surface area contributed by atoms with Crippen molar-refractivity contribution in [1.29, 1.82) is 0 Å². The van der Waals surface area contributed by atoms with Crippen molar-refractivity contribution < 1.29 is 29.1 Å². The molecule has 1 unspecified atom stereocenters. The number of carbonyl (C=O) groups is 3. The summed E-state index contributed by atoms with van der Waals surface area (Å²) in [6, 6.07) is 4.94. The van der Waals surface area contributed by atoms with Gasteiger partial charge in [-0.3, -0.25) is 14.5 Å². The Morgan fingerprint density at radius 2 is 2.10 bits per heavy atom. The van der Waals surface area contributed by atoms with Gasteiger partial charge < -0.3 is 20.0 Å². The summed E-state index contributed by atoms with van der Waals surface area (Å²) in [5.41, 5.74) is 1.68. The molecule has 1 aromatic heterocycles. The first kappa shape index (κ1) is 20.9. The van der Waals surface area contributed by atoms with E-state index in [1.165, 1.54) is 5.56 Å². The van der Waals surface area contributed by atoms with Crippen LogP contribution >= 0.6 is 0 Å². The van der Waals surface area contributed by atoms with Crippen molar-refractivity contribution in [2.75, 3.05) is 6.54 Å². The summed E-state index contributed by atoms with van der Waals surface area (Å²) in [4.78, 5) is 37.2. The predicted octanol–water partition coefficient (Wildman–Crippen LogP) is 2.91. The van der Waals surface area contributed by atoms with Gasteiger partial charge in [0.2, 0.25) is 0 Å². The van der Waals surface area contributed by atoms with Gasteiger partial charge in [0.15, 0.2) is 0 Å². The average Bonchev–Trinajstić information content (AvgIpc) is 3.34. The first-order valence-corrected chi connectivity index (χ1v) is 10.3. The molecule has 164 valence electrons. The largest absolute Gasteiger partial charge is 0.481 e. The molecular weight excluding hydrogens is 402 g/mol. The van der Waals surface area contributed by atoms with E-state index in [0.717, 1.165) is 35.3 Å². The molecule has 1 fully saturated rings. The lowest BCUT2D eigenvalue weighted by molar-refractivity contribution is -0.142. The van der Waals surface area contributed by atoms with Crippen molar-refractivity contribution in [3.63, 3.8) is 0 Å². The molecule has 4 rings (SSSR count). The number of nitrogens with zero attached hydrogens (tertiary/aromatic N) is 2. The van der Waals surface area contributed by atoms with Crippen LogP contribution in [0.3, 0.4) is 0 Å². The van der Waals surface area contributed by atoms with E-state index in [0.29, 0.717) is 11.1 Å². The highest BCUT2D eigenvalue weighted by Crippen LogP contribution is 2.33. The average molecular weight is 427 g/mol. The molecule has 2 heterocycles. The zero-order chi connectivity index (χ0) is 22.3. The third-order valence-electron chi connectivity index (χ3n) is 6.10. The minimum Gasteiger partial charge on any atom is -0.481 e. The number of furan rings is 1. The van der Waals surface area contributed by atoms with Crippen LogP contribution in [0, 0.1) is 5.92 Å². The van der Waals surface area contributed by atoms with E-state index in [2.05, 4.69) is 10.5 Å². The van der Waals surface area contributed by atoms with Gasteiger partial charge >= 0.3 is 12.0 Å². The number of aliphatic carboxylic acids is 1. The number of carbonyl (C=O) groups excluding carboxylic acids is 2. The topological polar surface area (TPSA) is 132 Å². The van der Waals surface area contributed by atoms with Crippen LogP contribution in [-0.4, -0.2) is 50.9 Å². The molecule has 1 aromatic carbocycles. The Morgan fingerprint density at radius 1 is 1.32 bits per heavy atom. The number of amides is 3. The Balaban J connectivity index is 1.49. The monoisotopic (exact) mass is 427 g/mol. The summed E-state index contributed by atoms with van der Waals surface area (Å²) in [5, 5.41) is 26.2. The molecule has 1 aliphatic heterocycles. The molecule has 0 bridgehead atoms. The molecule has 0 radical (unpaired) electrons. The van der Waals surface area contributed by atoms with Crippen LogP contribution in [0.25, 0.3) is 11.0 Å². The molecule has 1 aliphatic carbocycles. The Bertz CT molecular complexity index is 1100. The molecule has 0 saturated carbocycles. The van der Waals surface area contributed by atoms with Crippen LogP contribution in [0.2, 0.25) is 0 Å². The number of carboxylic acid groups (broad SMARTS) is 1. The number of fused-ring (bicyclic) bond motifs is 3. The third kappa shape index (κ3) is 3.75. The predicted molar refractivity (Wildman–Crippen MR) is 111 cm³/mol. The van der Waals surface area contributed by atoms with Crippen molar-refractivity contribution in [2.24, 2.45) is 11.1 Å². The van der Waals surface area contributed by atoms with Gasteiger partial charge in [-0.1, -0.05) is 17.3 Å². The summed E-state index contributed by atoms with van der Waals surface area (Å²) >= 11 is 0. The fourth-order valence-electron chi connectivity index (χ4n) is 4.35. The van der Waals surface area contributed by atoms with Crippen molar-refractivity contribution in [3.05, 3.63) is 35.1 Å². The van der Waals surface area contributed by atoms with E-state index in [1.54, 1.807) is 26.0 Å². The van der Waals surface area contributed by atoms with Gasteiger partial charge in [0.25, 0.3) is 5.91 Å². The Hall–Kier alpha value is -3.36. The van der Waals surface area contributed by atoms with Gasteiger partial charge in [0, 0.05) is 35.9 Å². The fraction of sp³-hybridized carbons (Fsp3) is 0.455. The molecule has 1 saturated heterocycles. The van der Waals surface area contributed by atoms with Crippen LogP contribution in [0.1, 0.15) is 50.0 Å². The summed E-state index contributed by atoms with van der Waals surface area (Å²) in [6.45, 7) is 3.16. The number of imide groups is 1. The smallest absolute Gasteiger partial charge is 0.325 e. The number of hydrogen-bond donors (Lipinski definition) is 3. The molecule has 0 spiro atoms. The summed E-state index contributed by atoms with van der Waals surface area (Å²) in [7, 11) is 0. The Morgan fingerprint density at radius 3 is 2.74 bits per heavy atom. The number of aryl methyl sites for hydroxylation is 2. The maximum Gasteiger partial charge on any atom is 0.325 e. The lowest BCUT2D eigenvalue weighted by Crippen LogP contribution is -2.40. The van der Waals surface area contributed by atoms with E-state index in [9.17, 15) is 24.7 Å². The first-order valence-electron chi connectivity index (χ1n) is 10.3. The van der Waals surface area contributed by atoms with E-state index < -0.39 is 29.4 Å². The zero-order valence-corrected chi connectivity index (χ0v) is 17.5. The van der Waals surface area contributed by atoms with Crippen molar-refractivity contribution >= 4 is 34.6 Å². The SMILES string of the molecule is CC1(C)NC(=O)N(CCC(CC(=NO)c2ccc3c4c(oc3c2)CCC4)C(=O)O)C1=O. The Kier molecular flexibility index (Phi) is 5.20. The van der Waals surface area contributed by atoms with Gasteiger partial charge in [0.05, 0.1) is 11.6 Å². The molecule has 3 N–H and O–H groups in total. The number of oxime groups is 1. The number of rotatable bonds is 7. The van der Waals surface area contributed by atoms with Gasteiger partial charge in [0.1, 0.15) is 16.9 Å².